The first-order valence-corrected chi connectivity index (χ1v) is 9.84. The number of cyclic esters (lactones) is 1. The fourth-order valence-electron chi connectivity index (χ4n) is 4.61. The summed E-state index contributed by atoms with van der Waals surface area (Å²) in [7, 11) is 0. The summed E-state index contributed by atoms with van der Waals surface area (Å²) in [5, 5.41) is 32.6. The van der Waals surface area contributed by atoms with Crippen molar-refractivity contribution in [2.24, 2.45) is 0 Å². The zero-order valence-electron chi connectivity index (χ0n) is 16.5. The van der Waals surface area contributed by atoms with Crippen molar-refractivity contribution in [2.45, 2.75) is 45.1 Å². The number of hydrogen-bond donors (Lipinski definition) is 3. The third-order valence-corrected chi connectivity index (χ3v) is 6.20. The topological polar surface area (TPSA) is 122 Å². The van der Waals surface area contributed by atoms with E-state index in [0.717, 1.165) is 5.56 Å². The first-order chi connectivity index (χ1) is 14.3. The van der Waals surface area contributed by atoms with Crippen molar-refractivity contribution in [3.8, 4) is 17.1 Å². The van der Waals surface area contributed by atoms with Crippen molar-refractivity contribution >= 4 is 16.9 Å². The highest BCUT2D eigenvalue weighted by Crippen LogP contribution is 2.44. The molecule has 30 heavy (non-hydrogen) atoms. The van der Waals surface area contributed by atoms with E-state index in [-0.39, 0.29) is 29.9 Å². The second kappa shape index (κ2) is 6.13. The number of carbonyl (C=O) groups excluding carboxylic acids is 1. The van der Waals surface area contributed by atoms with Gasteiger partial charge in [0.05, 0.1) is 22.5 Å². The van der Waals surface area contributed by atoms with Crippen molar-refractivity contribution in [3.63, 3.8) is 0 Å². The number of aliphatic hydroxyl groups excluding tert-OH is 1. The summed E-state index contributed by atoms with van der Waals surface area (Å²) in [6.07, 6.45) is -0.679. The standard InChI is InChI=1S/C22H20N2O6/c1-3-11-12-7-10(25)5-6-15(12)23-18-16-8-14-13(9-30-21(28)22(14,29)4-2)19(26)24(16)20(27)17(11)18/h5-8,20,25,27,29H,3-4,9H2,1-2H3. The van der Waals surface area contributed by atoms with E-state index in [9.17, 15) is 24.9 Å². The fourth-order valence-corrected chi connectivity index (χ4v) is 4.61. The third kappa shape index (κ3) is 2.20. The molecular formula is C22H20N2O6. The maximum atomic E-state index is 13.3. The number of nitrogens with zero attached hydrogens (tertiary/aromatic N) is 2. The lowest BCUT2D eigenvalue weighted by Crippen LogP contribution is -2.44. The monoisotopic (exact) mass is 408 g/mol. The van der Waals surface area contributed by atoms with Crippen LogP contribution in [-0.4, -0.2) is 30.8 Å². The van der Waals surface area contributed by atoms with Crippen LogP contribution < -0.4 is 5.56 Å². The summed E-state index contributed by atoms with van der Waals surface area (Å²) in [5.74, 6) is -0.711. The zero-order valence-corrected chi connectivity index (χ0v) is 16.5. The van der Waals surface area contributed by atoms with Crippen LogP contribution in [0.15, 0.2) is 29.1 Å². The number of ether oxygens (including phenoxy) is 1. The second-order valence-corrected chi connectivity index (χ2v) is 7.67. The molecule has 2 unspecified atom stereocenters. The second-order valence-electron chi connectivity index (χ2n) is 7.67. The summed E-state index contributed by atoms with van der Waals surface area (Å²) < 4.78 is 6.28. The van der Waals surface area contributed by atoms with E-state index in [2.05, 4.69) is 4.98 Å². The number of hydrogen-bond acceptors (Lipinski definition) is 7. The number of carbonyl (C=O) groups is 1. The van der Waals surface area contributed by atoms with E-state index in [1.807, 2.05) is 6.92 Å². The van der Waals surface area contributed by atoms with Gasteiger partial charge in [0.1, 0.15) is 12.4 Å². The Morgan fingerprint density at radius 2 is 2.03 bits per heavy atom. The van der Waals surface area contributed by atoms with Crippen LogP contribution in [0.5, 0.6) is 5.75 Å². The molecule has 3 aromatic rings. The fraction of sp³-hybridized carbons (Fsp3) is 0.318. The van der Waals surface area contributed by atoms with Gasteiger partial charge in [-0.25, -0.2) is 9.78 Å². The minimum Gasteiger partial charge on any atom is -0.508 e. The normalized spacial score (nSPS) is 21.9. The quantitative estimate of drug-likeness (QED) is 0.553. The van der Waals surface area contributed by atoms with E-state index in [1.54, 1.807) is 25.1 Å². The molecule has 4 heterocycles. The number of esters is 1. The number of rotatable bonds is 2. The number of phenolic OH excluding ortho intramolecular Hbond substituents is 1. The van der Waals surface area contributed by atoms with Crippen LogP contribution in [-0.2, 0) is 28.2 Å². The number of phenols is 1. The maximum absolute atomic E-state index is 13.3. The first-order valence-electron chi connectivity index (χ1n) is 9.84. The molecule has 2 aliphatic heterocycles. The summed E-state index contributed by atoms with van der Waals surface area (Å²) in [6, 6.07) is 6.36. The van der Waals surface area contributed by atoms with Gasteiger partial charge in [0.15, 0.2) is 11.8 Å². The number of aromatic nitrogens is 2. The highest BCUT2D eigenvalue weighted by molar-refractivity contribution is 5.90. The van der Waals surface area contributed by atoms with Crippen LogP contribution in [0.4, 0.5) is 0 Å². The van der Waals surface area contributed by atoms with Gasteiger partial charge in [-0.3, -0.25) is 9.36 Å². The number of benzene rings is 1. The van der Waals surface area contributed by atoms with Gasteiger partial charge in [0, 0.05) is 16.5 Å². The Morgan fingerprint density at radius 1 is 1.27 bits per heavy atom. The molecule has 0 radical (unpaired) electrons. The van der Waals surface area contributed by atoms with Gasteiger partial charge in [-0.05, 0) is 42.7 Å². The Bertz CT molecular complexity index is 1310. The number of aryl methyl sites for hydroxylation is 1. The zero-order chi connectivity index (χ0) is 21.4. The average Bonchev–Trinajstić information content (AvgIpc) is 3.01. The molecule has 0 bridgehead atoms. The van der Waals surface area contributed by atoms with Crippen LogP contribution in [0.25, 0.3) is 22.3 Å². The Balaban J connectivity index is 1.88. The molecule has 2 atom stereocenters. The molecular weight excluding hydrogens is 388 g/mol. The molecule has 154 valence electrons. The van der Waals surface area contributed by atoms with Gasteiger partial charge in [-0.2, -0.15) is 0 Å². The van der Waals surface area contributed by atoms with Gasteiger partial charge in [-0.15, -0.1) is 0 Å². The summed E-state index contributed by atoms with van der Waals surface area (Å²) >= 11 is 0. The molecule has 1 aromatic carbocycles. The van der Waals surface area contributed by atoms with Crippen molar-refractivity contribution in [1.29, 1.82) is 0 Å². The lowest BCUT2D eigenvalue weighted by atomic mass is 9.86. The number of pyridine rings is 2. The Labute approximate surface area is 171 Å². The van der Waals surface area contributed by atoms with Gasteiger partial charge in [0.25, 0.3) is 5.56 Å². The van der Waals surface area contributed by atoms with Crippen LogP contribution in [0.2, 0.25) is 0 Å². The summed E-state index contributed by atoms with van der Waals surface area (Å²) in [4.78, 5) is 30.2. The predicted octanol–water partition coefficient (Wildman–Crippen LogP) is 1.84. The molecule has 8 nitrogen and oxygen atoms in total. The van der Waals surface area contributed by atoms with Crippen LogP contribution in [0, 0.1) is 0 Å². The molecule has 0 saturated heterocycles. The van der Waals surface area contributed by atoms with E-state index >= 15 is 0 Å². The van der Waals surface area contributed by atoms with Crippen molar-refractivity contribution in [1.82, 2.24) is 9.55 Å². The lowest BCUT2D eigenvalue weighted by Gasteiger charge is -2.31. The van der Waals surface area contributed by atoms with Crippen molar-refractivity contribution < 1.29 is 24.9 Å². The van der Waals surface area contributed by atoms with E-state index in [1.165, 1.54) is 10.6 Å². The predicted molar refractivity (Wildman–Crippen MR) is 107 cm³/mol. The van der Waals surface area contributed by atoms with E-state index in [4.69, 9.17) is 4.74 Å². The largest absolute Gasteiger partial charge is 0.508 e. The van der Waals surface area contributed by atoms with Gasteiger partial charge in [-0.1, -0.05) is 13.8 Å². The first kappa shape index (κ1) is 18.8. The van der Waals surface area contributed by atoms with Crippen LogP contribution >= 0.6 is 0 Å². The highest BCUT2D eigenvalue weighted by Gasteiger charge is 2.46. The van der Waals surface area contributed by atoms with Crippen molar-refractivity contribution in [2.75, 3.05) is 0 Å². The van der Waals surface area contributed by atoms with Gasteiger partial charge in [0.2, 0.25) is 0 Å². The van der Waals surface area contributed by atoms with Gasteiger partial charge >= 0.3 is 5.97 Å². The molecule has 8 heteroatoms. The third-order valence-electron chi connectivity index (χ3n) is 6.20. The minimum absolute atomic E-state index is 0.0434. The molecule has 0 saturated carbocycles. The molecule has 0 amide bonds. The Kier molecular flexibility index (Phi) is 3.84. The minimum atomic E-state index is -1.92. The molecule has 0 spiro atoms. The van der Waals surface area contributed by atoms with E-state index in [0.29, 0.717) is 34.3 Å². The van der Waals surface area contributed by atoms with Crippen molar-refractivity contribution in [3.05, 3.63) is 56.9 Å². The molecule has 3 N–H and O–H groups in total. The van der Waals surface area contributed by atoms with Gasteiger partial charge < -0.3 is 20.1 Å². The SMILES string of the molecule is CCc1c2c(nc3ccc(O)cc13)-c1cc3c(c(=O)n1C2O)COC(=O)C3(O)CC. The van der Waals surface area contributed by atoms with Crippen LogP contribution in [0.1, 0.15) is 48.8 Å². The molecule has 5 rings (SSSR count). The van der Waals surface area contributed by atoms with Crippen LogP contribution in [0.3, 0.4) is 0 Å². The average molecular weight is 408 g/mol. The number of aliphatic hydroxyl groups is 2. The summed E-state index contributed by atoms with van der Waals surface area (Å²) in [5.41, 5.74) is 0.535. The van der Waals surface area contributed by atoms with E-state index < -0.39 is 23.4 Å². The molecule has 0 aliphatic carbocycles. The molecule has 0 fully saturated rings. The molecule has 2 aliphatic rings. The highest BCUT2D eigenvalue weighted by atomic mass is 16.6. The smallest absolute Gasteiger partial charge is 0.343 e. The Hall–Kier alpha value is -3.23. The maximum Gasteiger partial charge on any atom is 0.343 e. The lowest BCUT2D eigenvalue weighted by molar-refractivity contribution is -0.172. The number of fused-ring (bicyclic) bond motifs is 5. The Morgan fingerprint density at radius 3 is 2.73 bits per heavy atom. The number of aromatic hydroxyl groups is 1. The summed E-state index contributed by atoms with van der Waals surface area (Å²) in [6.45, 7) is 3.30. The molecule has 2 aromatic heterocycles.